The molecule has 0 saturated heterocycles. The van der Waals surface area contributed by atoms with E-state index in [1.54, 1.807) is 20.9 Å². The van der Waals surface area contributed by atoms with Gasteiger partial charge in [-0.2, -0.15) is 9.40 Å². The predicted octanol–water partition coefficient (Wildman–Crippen LogP) is 1.16. The maximum Gasteiger partial charge on any atom is 0.247 e. The molecule has 0 amide bonds. The zero-order valence-corrected chi connectivity index (χ0v) is 13.1. The van der Waals surface area contributed by atoms with E-state index in [-0.39, 0.29) is 4.90 Å². The SMILES string of the molecule is CCC(CC)(CN)N(C)S(=O)(=O)c1c(C)n[nH]c1C. The van der Waals surface area contributed by atoms with Gasteiger partial charge in [0.05, 0.1) is 11.4 Å². The normalized spacial score (nSPS) is 13.2. The Morgan fingerprint density at radius 1 is 1.32 bits per heavy atom. The van der Waals surface area contributed by atoms with Crippen LogP contribution < -0.4 is 5.73 Å². The second-order valence-corrected chi connectivity index (χ2v) is 6.78. The topological polar surface area (TPSA) is 92.1 Å². The summed E-state index contributed by atoms with van der Waals surface area (Å²) in [6, 6.07) is 0. The van der Waals surface area contributed by atoms with Crippen molar-refractivity contribution in [3.8, 4) is 0 Å². The first-order chi connectivity index (χ1) is 8.76. The molecule has 0 aliphatic heterocycles. The summed E-state index contributed by atoms with van der Waals surface area (Å²) in [5.41, 5.74) is 6.33. The van der Waals surface area contributed by atoms with Gasteiger partial charge in [0.25, 0.3) is 0 Å². The fraction of sp³-hybridized carbons (Fsp3) is 0.750. The van der Waals surface area contributed by atoms with Gasteiger partial charge in [-0.15, -0.1) is 0 Å². The van der Waals surface area contributed by atoms with Crippen molar-refractivity contribution in [1.29, 1.82) is 0 Å². The average molecular weight is 288 g/mol. The Hall–Kier alpha value is -0.920. The van der Waals surface area contributed by atoms with E-state index in [0.717, 1.165) is 0 Å². The fourth-order valence-corrected chi connectivity index (χ4v) is 4.39. The molecule has 3 N–H and O–H groups in total. The lowest BCUT2D eigenvalue weighted by Gasteiger charge is -2.38. The van der Waals surface area contributed by atoms with Gasteiger partial charge in [-0.25, -0.2) is 8.42 Å². The quantitative estimate of drug-likeness (QED) is 0.821. The van der Waals surface area contributed by atoms with Crippen LogP contribution in [0.1, 0.15) is 38.1 Å². The van der Waals surface area contributed by atoms with Crippen LogP contribution in [0.2, 0.25) is 0 Å². The molecule has 110 valence electrons. The molecule has 0 aliphatic carbocycles. The number of sulfonamides is 1. The average Bonchev–Trinajstić information content (AvgIpc) is 2.72. The highest BCUT2D eigenvalue weighted by molar-refractivity contribution is 7.89. The molecule has 1 aromatic heterocycles. The largest absolute Gasteiger partial charge is 0.329 e. The first-order valence-electron chi connectivity index (χ1n) is 6.47. The second-order valence-electron chi connectivity index (χ2n) is 4.87. The number of aromatic nitrogens is 2. The highest BCUT2D eigenvalue weighted by Crippen LogP contribution is 2.30. The van der Waals surface area contributed by atoms with Crippen LogP contribution >= 0.6 is 0 Å². The number of aryl methyl sites for hydroxylation is 2. The molecule has 1 aromatic rings. The Morgan fingerprint density at radius 3 is 2.16 bits per heavy atom. The van der Waals surface area contributed by atoms with Gasteiger partial charge in [-0.3, -0.25) is 5.10 Å². The van der Waals surface area contributed by atoms with Gasteiger partial charge in [-0.05, 0) is 26.7 Å². The lowest BCUT2D eigenvalue weighted by Crippen LogP contribution is -2.53. The molecule has 19 heavy (non-hydrogen) atoms. The molecule has 7 heteroatoms. The van der Waals surface area contributed by atoms with Crippen LogP contribution in [0.4, 0.5) is 0 Å². The third kappa shape index (κ3) is 2.54. The molecule has 0 saturated carbocycles. The summed E-state index contributed by atoms with van der Waals surface area (Å²) in [6.45, 7) is 7.61. The molecular formula is C12H24N4O2S. The Kier molecular flexibility index (Phi) is 4.76. The smallest absolute Gasteiger partial charge is 0.247 e. The number of H-pyrrole nitrogens is 1. The van der Waals surface area contributed by atoms with Crippen LogP contribution in [0.5, 0.6) is 0 Å². The summed E-state index contributed by atoms with van der Waals surface area (Å²) in [4.78, 5) is 0.259. The summed E-state index contributed by atoms with van der Waals surface area (Å²) in [5.74, 6) is 0. The highest BCUT2D eigenvalue weighted by Gasteiger charge is 2.39. The van der Waals surface area contributed by atoms with Crippen LogP contribution in [0.15, 0.2) is 4.90 Å². The number of nitrogens with zero attached hydrogens (tertiary/aromatic N) is 2. The third-order valence-corrected chi connectivity index (χ3v) is 6.27. The number of likely N-dealkylation sites (N-methyl/N-ethyl adjacent to an activating group) is 1. The second kappa shape index (κ2) is 5.60. The van der Waals surface area contributed by atoms with Crippen LogP contribution in [0.3, 0.4) is 0 Å². The lowest BCUT2D eigenvalue weighted by molar-refractivity contribution is 0.208. The van der Waals surface area contributed by atoms with E-state index in [1.165, 1.54) is 4.31 Å². The van der Waals surface area contributed by atoms with Gasteiger partial charge in [0.2, 0.25) is 10.0 Å². The number of hydrogen-bond acceptors (Lipinski definition) is 4. The number of aromatic amines is 1. The van der Waals surface area contributed by atoms with Gasteiger partial charge in [-0.1, -0.05) is 13.8 Å². The van der Waals surface area contributed by atoms with E-state index < -0.39 is 15.6 Å². The van der Waals surface area contributed by atoms with Crippen molar-refractivity contribution >= 4 is 10.0 Å². The zero-order chi connectivity index (χ0) is 14.8. The number of nitrogens with two attached hydrogens (primary N) is 1. The van der Waals surface area contributed by atoms with Crippen LogP contribution in [0, 0.1) is 13.8 Å². The van der Waals surface area contributed by atoms with Crippen molar-refractivity contribution in [3.63, 3.8) is 0 Å². The van der Waals surface area contributed by atoms with Gasteiger partial charge < -0.3 is 5.73 Å². The monoisotopic (exact) mass is 288 g/mol. The minimum Gasteiger partial charge on any atom is -0.329 e. The van der Waals surface area contributed by atoms with E-state index in [0.29, 0.717) is 30.8 Å². The van der Waals surface area contributed by atoms with Crippen LogP contribution in [-0.2, 0) is 10.0 Å². The van der Waals surface area contributed by atoms with E-state index >= 15 is 0 Å². The Morgan fingerprint density at radius 2 is 1.84 bits per heavy atom. The summed E-state index contributed by atoms with van der Waals surface area (Å²) in [5, 5.41) is 6.68. The summed E-state index contributed by atoms with van der Waals surface area (Å²) < 4.78 is 26.9. The van der Waals surface area contributed by atoms with Gasteiger partial charge in [0, 0.05) is 19.1 Å². The van der Waals surface area contributed by atoms with E-state index in [4.69, 9.17) is 5.73 Å². The molecule has 1 heterocycles. The summed E-state index contributed by atoms with van der Waals surface area (Å²) in [7, 11) is -1.99. The van der Waals surface area contributed by atoms with Gasteiger partial charge in [0.15, 0.2) is 0 Å². The maximum atomic E-state index is 12.8. The molecule has 0 atom stereocenters. The van der Waals surface area contributed by atoms with Crippen LogP contribution in [-0.4, -0.2) is 42.1 Å². The highest BCUT2D eigenvalue weighted by atomic mass is 32.2. The molecule has 1 rings (SSSR count). The van der Waals surface area contributed by atoms with E-state index in [2.05, 4.69) is 10.2 Å². The molecule has 0 spiro atoms. The van der Waals surface area contributed by atoms with Gasteiger partial charge >= 0.3 is 0 Å². The Labute approximate surface area is 115 Å². The molecule has 0 fully saturated rings. The fourth-order valence-electron chi connectivity index (χ4n) is 2.43. The first-order valence-corrected chi connectivity index (χ1v) is 7.91. The van der Waals surface area contributed by atoms with E-state index in [9.17, 15) is 8.42 Å². The molecule has 0 aliphatic rings. The molecule has 6 nitrogen and oxygen atoms in total. The third-order valence-electron chi connectivity index (χ3n) is 4.04. The molecule has 0 radical (unpaired) electrons. The van der Waals surface area contributed by atoms with Crippen molar-refractivity contribution in [2.75, 3.05) is 13.6 Å². The number of nitrogens with one attached hydrogen (secondary N) is 1. The van der Waals surface area contributed by atoms with Crippen molar-refractivity contribution in [2.45, 2.75) is 51.0 Å². The summed E-state index contributed by atoms with van der Waals surface area (Å²) >= 11 is 0. The van der Waals surface area contributed by atoms with Crippen LogP contribution in [0.25, 0.3) is 0 Å². The first kappa shape index (κ1) is 16.1. The Bertz CT molecular complexity index is 504. The molecular weight excluding hydrogens is 264 g/mol. The van der Waals surface area contributed by atoms with Crippen molar-refractivity contribution in [1.82, 2.24) is 14.5 Å². The maximum absolute atomic E-state index is 12.8. The predicted molar refractivity (Wildman–Crippen MR) is 75.4 cm³/mol. The standard InChI is InChI=1S/C12H24N4O2S/c1-6-12(7-2,8-13)16(5)19(17,18)11-9(3)14-15-10(11)4/h6-8,13H2,1-5H3,(H,14,15). The van der Waals surface area contributed by atoms with Crippen molar-refractivity contribution < 1.29 is 8.42 Å². The van der Waals surface area contributed by atoms with Crippen molar-refractivity contribution in [3.05, 3.63) is 11.4 Å². The molecule has 0 unspecified atom stereocenters. The number of hydrogen-bond donors (Lipinski definition) is 2. The molecule has 0 aromatic carbocycles. The van der Waals surface area contributed by atoms with E-state index in [1.807, 2.05) is 13.8 Å². The Balaban J connectivity index is 3.35. The molecule has 0 bridgehead atoms. The minimum absolute atomic E-state index is 0.259. The summed E-state index contributed by atoms with van der Waals surface area (Å²) in [6.07, 6.45) is 1.34. The minimum atomic E-state index is -3.59. The van der Waals surface area contributed by atoms with Crippen molar-refractivity contribution in [2.24, 2.45) is 5.73 Å². The number of rotatable bonds is 6. The zero-order valence-electron chi connectivity index (χ0n) is 12.3. The lowest BCUT2D eigenvalue weighted by atomic mass is 9.93. The van der Waals surface area contributed by atoms with Gasteiger partial charge in [0.1, 0.15) is 4.90 Å².